The average Bonchev–Trinajstić information content (AvgIpc) is 3.44. The molecule has 0 aliphatic carbocycles. The maximum Gasteiger partial charge on any atom is 0.490 e. The summed E-state index contributed by atoms with van der Waals surface area (Å²) in [4.78, 5) is 28.8. The second-order valence-electron chi connectivity index (χ2n) is 6.42. The molecule has 3 aromatic rings. The summed E-state index contributed by atoms with van der Waals surface area (Å²) in [7, 11) is 0. The van der Waals surface area contributed by atoms with E-state index in [1.807, 2.05) is 52.5 Å². The zero-order valence-corrected chi connectivity index (χ0v) is 16.6. The van der Waals surface area contributed by atoms with Gasteiger partial charge >= 0.3 is 12.1 Å². The van der Waals surface area contributed by atoms with Crippen LogP contribution in [0.2, 0.25) is 0 Å². The Kier molecular flexibility index (Phi) is 6.25. The number of imidazole rings is 1. The molecule has 0 aromatic carbocycles. The number of amides is 1. The van der Waals surface area contributed by atoms with Crippen molar-refractivity contribution in [1.29, 1.82) is 0 Å². The SMILES string of the molecule is CC1c2ncc(Cn3cccn3)n2CCN1C(=O)c1cccs1.O=C(O)C(F)(F)F. The van der Waals surface area contributed by atoms with Gasteiger partial charge in [-0.15, -0.1) is 11.3 Å². The smallest absolute Gasteiger partial charge is 0.475 e. The lowest BCUT2D eigenvalue weighted by Gasteiger charge is -2.34. The van der Waals surface area contributed by atoms with Gasteiger partial charge in [0.2, 0.25) is 0 Å². The van der Waals surface area contributed by atoms with Crippen LogP contribution in [0.25, 0.3) is 0 Å². The van der Waals surface area contributed by atoms with Crippen LogP contribution in [-0.2, 0) is 17.9 Å². The van der Waals surface area contributed by atoms with Gasteiger partial charge in [0.15, 0.2) is 0 Å². The van der Waals surface area contributed by atoms with Crippen LogP contribution in [0.1, 0.15) is 34.2 Å². The molecule has 0 spiro atoms. The highest BCUT2D eigenvalue weighted by molar-refractivity contribution is 7.12. The van der Waals surface area contributed by atoms with Gasteiger partial charge in [0, 0.05) is 25.5 Å². The molecule has 12 heteroatoms. The van der Waals surface area contributed by atoms with Crippen LogP contribution in [0.3, 0.4) is 0 Å². The number of alkyl halides is 3. The van der Waals surface area contributed by atoms with E-state index in [9.17, 15) is 18.0 Å². The first kappa shape index (κ1) is 21.6. The van der Waals surface area contributed by atoms with E-state index in [0.717, 1.165) is 22.9 Å². The number of halogens is 3. The third-order valence-electron chi connectivity index (χ3n) is 4.49. The molecule has 3 aromatic heterocycles. The highest BCUT2D eigenvalue weighted by Crippen LogP contribution is 2.28. The molecule has 4 heterocycles. The maximum atomic E-state index is 12.6. The fraction of sp³-hybridized carbons (Fsp3) is 0.333. The van der Waals surface area contributed by atoms with Crippen molar-refractivity contribution in [3.8, 4) is 0 Å². The zero-order valence-electron chi connectivity index (χ0n) is 15.8. The molecule has 4 rings (SSSR count). The molecule has 0 fully saturated rings. The van der Waals surface area contributed by atoms with Crippen molar-refractivity contribution in [1.82, 2.24) is 24.2 Å². The Bertz CT molecular complexity index is 999. The summed E-state index contributed by atoms with van der Waals surface area (Å²) in [5, 5.41) is 13.3. The quantitative estimate of drug-likeness (QED) is 0.675. The monoisotopic (exact) mass is 441 g/mol. The number of aliphatic carboxylic acids is 1. The second kappa shape index (κ2) is 8.69. The van der Waals surface area contributed by atoms with Gasteiger partial charge in [-0.05, 0) is 24.4 Å². The lowest BCUT2D eigenvalue weighted by molar-refractivity contribution is -0.192. The third-order valence-corrected chi connectivity index (χ3v) is 5.35. The Morgan fingerprint density at radius 3 is 2.60 bits per heavy atom. The number of carboxylic acids is 1. The molecule has 1 aliphatic heterocycles. The molecule has 160 valence electrons. The largest absolute Gasteiger partial charge is 0.490 e. The van der Waals surface area contributed by atoms with Crippen LogP contribution in [0.4, 0.5) is 13.2 Å². The van der Waals surface area contributed by atoms with Gasteiger partial charge in [-0.1, -0.05) is 6.07 Å². The Morgan fingerprint density at radius 2 is 2.03 bits per heavy atom. The van der Waals surface area contributed by atoms with Crippen molar-refractivity contribution in [2.75, 3.05) is 6.54 Å². The minimum absolute atomic E-state index is 0.0234. The first-order valence-electron chi connectivity index (χ1n) is 8.84. The van der Waals surface area contributed by atoms with E-state index in [1.165, 1.54) is 11.3 Å². The minimum Gasteiger partial charge on any atom is -0.475 e. The summed E-state index contributed by atoms with van der Waals surface area (Å²) in [6.45, 7) is 4.22. The average molecular weight is 441 g/mol. The van der Waals surface area contributed by atoms with Crippen molar-refractivity contribution in [2.45, 2.75) is 32.2 Å². The number of carboxylic acid groups (broad SMARTS) is 1. The number of thiophene rings is 1. The van der Waals surface area contributed by atoms with Gasteiger partial charge in [-0.3, -0.25) is 9.48 Å². The topological polar surface area (TPSA) is 93.3 Å². The van der Waals surface area contributed by atoms with Crippen molar-refractivity contribution in [3.63, 3.8) is 0 Å². The molecule has 1 atom stereocenters. The summed E-state index contributed by atoms with van der Waals surface area (Å²) in [5.41, 5.74) is 1.12. The molecular formula is C18H18F3N5O3S. The van der Waals surface area contributed by atoms with Crippen LogP contribution < -0.4 is 0 Å². The van der Waals surface area contributed by atoms with E-state index in [-0.39, 0.29) is 11.9 Å². The maximum absolute atomic E-state index is 12.6. The van der Waals surface area contributed by atoms with Gasteiger partial charge in [0.05, 0.1) is 29.4 Å². The van der Waals surface area contributed by atoms with Crippen LogP contribution in [-0.4, -0.2) is 53.9 Å². The summed E-state index contributed by atoms with van der Waals surface area (Å²) in [5.74, 6) is -1.72. The second-order valence-corrected chi connectivity index (χ2v) is 7.37. The molecule has 0 saturated heterocycles. The summed E-state index contributed by atoms with van der Waals surface area (Å²) in [6.07, 6.45) is 0.531. The van der Waals surface area contributed by atoms with E-state index in [0.29, 0.717) is 13.1 Å². The molecule has 0 bridgehead atoms. The van der Waals surface area contributed by atoms with E-state index < -0.39 is 12.1 Å². The Labute approximate surface area is 173 Å². The van der Waals surface area contributed by atoms with Gasteiger partial charge in [0.1, 0.15) is 5.82 Å². The van der Waals surface area contributed by atoms with Crippen molar-refractivity contribution in [3.05, 3.63) is 58.6 Å². The van der Waals surface area contributed by atoms with Crippen molar-refractivity contribution < 1.29 is 27.9 Å². The molecule has 8 nitrogen and oxygen atoms in total. The number of hydrogen-bond donors (Lipinski definition) is 1. The first-order valence-corrected chi connectivity index (χ1v) is 9.72. The van der Waals surface area contributed by atoms with Gasteiger partial charge in [-0.2, -0.15) is 18.3 Å². The van der Waals surface area contributed by atoms with E-state index in [2.05, 4.69) is 14.6 Å². The molecule has 0 radical (unpaired) electrons. The fourth-order valence-corrected chi connectivity index (χ4v) is 3.74. The first-order chi connectivity index (χ1) is 14.2. The molecule has 0 saturated carbocycles. The Morgan fingerprint density at radius 1 is 1.30 bits per heavy atom. The zero-order chi connectivity index (χ0) is 21.9. The molecule has 1 aliphatic rings. The summed E-state index contributed by atoms with van der Waals surface area (Å²) in [6, 6.07) is 5.68. The normalized spacial score (nSPS) is 15.9. The van der Waals surface area contributed by atoms with Gasteiger partial charge in [-0.25, -0.2) is 9.78 Å². The summed E-state index contributed by atoms with van der Waals surface area (Å²) >= 11 is 1.49. The van der Waals surface area contributed by atoms with Crippen LogP contribution >= 0.6 is 11.3 Å². The lowest BCUT2D eigenvalue weighted by atomic mass is 10.2. The van der Waals surface area contributed by atoms with Crippen LogP contribution in [0, 0.1) is 0 Å². The van der Waals surface area contributed by atoms with E-state index in [4.69, 9.17) is 9.90 Å². The number of carbonyl (C=O) groups excluding carboxylic acids is 1. The molecule has 1 unspecified atom stereocenters. The number of rotatable bonds is 3. The van der Waals surface area contributed by atoms with E-state index in [1.54, 1.807) is 6.20 Å². The highest BCUT2D eigenvalue weighted by atomic mass is 32.1. The van der Waals surface area contributed by atoms with Crippen molar-refractivity contribution in [2.24, 2.45) is 0 Å². The number of hydrogen-bond acceptors (Lipinski definition) is 5. The minimum atomic E-state index is -5.08. The number of carbonyl (C=O) groups is 2. The third kappa shape index (κ3) is 4.70. The molecule has 1 amide bonds. The lowest BCUT2D eigenvalue weighted by Crippen LogP contribution is -2.41. The number of fused-ring (bicyclic) bond motifs is 1. The molecule has 1 N–H and O–H groups in total. The Hall–Kier alpha value is -3.15. The highest BCUT2D eigenvalue weighted by Gasteiger charge is 2.38. The molecular weight excluding hydrogens is 423 g/mol. The van der Waals surface area contributed by atoms with Crippen LogP contribution in [0.15, 0.2) is 42.2 Å². The predicted molar refractivity (Wildman–Crippen MR) is 101 cm³/mol. The van der Waals surface area contributed by atoms with Gasteiger partial charge in [0.25, 0.3) is 5.91 Å². The Balaban J connectivity index is 0.000000318. The standard InChI is InChI=1S/C16H17N5OS.C2HF3O2/c1-12-15-17-10-13(11-19-6-3-5-18-19)21(15)8-7-20(12)16(22)14-4-2-9-23-14;3-2(4,5)1(6)7/h2-6,9-10,12H,7-8,11H2,1H3;(H,6,7). The molecule has 30 heavy (non-hydrogen) atoms. The summed E-state index contributed by atoms with van der Waals surface area (Å²) < 4.78 is 35.8. The number of aromatic nitrogens is 4. The van der Waals surface area contributed by atoms with Gasteiger partial charge < -0.3 is 14.6 Å². The fourth-order valence-electron chi connectivity index (χ4n) is 3.06. The predicted octanol–water partition coefficient (Wildman–Crippen LogP) is 3.04. The number of nitrogens with zero attached hydrogens (tertiary/aromatic N) is 5. The van der Waals surface area contributed by atoms with Crippen molar-refractivity contribution >= 4 is 23.2 Å². The van der Waals surface area contributed by atoms with Crippen LogP contribution in [0.5, 0.6) is 0 Å². The van der Waals surface area contributed by atoms with E-state index >= 15 is 0 Å².